The summed E-state index contributed by atoms with van der Waals surface area (Å²) in [6.07, 6.45) is 5.10. The molecule has 29 heavy (non-hydrogen) atoms. The SMILES string of the molecule is Cc1nccn1-c1cc(N2CCN(S(=O)(=O)Cc3ccc(Cl)cc3)CC2)ncn1. The van der Waals surface area contributed by atoms with E-state index in [-0.39, 0.29) is 5.75 Å². The van der Waals surface area contributed by atoms with Gasteiger partial charge in [0, 0.05) is 49.7 Å². The summed E-state index contributed by atoms with van der Waals surface area (Å²) in [4.78, 5) is 15.0. The van der Waals surface area contributed by atoms with E-state index in [1.807, 2.05) is 23.8 Å². The Morgan fingerprint density at radius 2 is 1.69 bits per heavy atom. The standard InChI is InChI=1S/C19H21ClN6O2S/c1-15-21-6-7-26(15)19-12-18(22-14-23-19)24-8-10-25(11-9-24)29(27,28)13-16-2-4-17(20)5-3-16/h2-7,12,14H,8-11,13H2,1H3. The van der Waals surface area contributed by atoms with Gasteiger partial charge in [0.1, 0.15) is 23.8 Å². The number of rotatable bonds is 5. The van der Waals surface area contributed by atoms with Crippen molar-refractivity contribution >= 4 is 27.4 Å². The molecule has 1 saturated heterocycles. The van der Waals surface area contributed by atoms with Gasteiger partial charge >= 0.3 is 0 Å². The first-order chi connectivity index (χ1) is 13.9. The zero-order valence-electron chi connectivity index (χ0n) is 15.9. The molecule has 0 radical (unpaired) electrons. The fraction of sp³-hybridized carbons (Fsp3) is 0.316. The van der Waals surface area contributed by atoms with E-state index in [2.05, 4.69) is 19.9 Å². The van der Waals surface area contributed by atoms with Crippen molar-refractivity contribution in [2.75, 3.05) is 31.1 Å². The summed E-state index contributed by atoms with van der Waals surface area (Å²) in [7, 11) is -3.39. The molecular formula is C19H21ClN6O2S. The van der Waals surface area contributed by atoms with Crippen molar-refractivity contribution in [1.29, 1.82) is 0 Å². The van der Waals surface area contributed by atoms with Gasteiger partial charge in [0.25, 0.3) is 0 Å². The smallest absolute Gasteiger partial charge is 0.218 e. The fourth-order valence-corrected chi connectivity index (χ4v) is 4.98. The van der Waals surface area contributed by atoms with Crippen LogP contribution in [-0.4, -0.2) is 58.4 Å². The number of piperazine rings is 1. The minimum atomic E-state index is -3.39. The second kappa shape index (κ2) is 8.10. The van der Waals surface area contributed by atoms with E-state index in [9.17, 15) is 8.42 Å². The van der Waals surface area contributed by atoms with Gasteiger partial charge in [0.2, 0.25) is 10.0 Å². The Balaban J connectivity index is 1.43. The summed E-state index contributed by atoms with van der Waals surface area (Å²) in [5, 5.41) is 0.592. The van der Waals surface area contributed by atoms with Crippen LogP contribution in [0.1, 0.15) is 11.4 Å². The van der Waals surface area contributed by atoms with Crippen molar-refractivity contribution in [3.8, 4) is 5.82 Å². The maximum absolute atomic E-state index is 12.8. The third-order valence-electron chi connectivity index (χ3n) is 4.93. The van der Waals surface area contributed by atoms with Crippen LogP contribution in [0, 0.1) is 6.92 Å². The lowest BCUT2D eigenvalue weighted by molar-refractivity contribution is 0.383. The number of halogens is 1. The number of sulfonamides is 1. The van der Waals surface area contributed by atoms with Crippen molar-refractivity contribution in [2.24, 2.45) is 0 Å². The van der Waals surface area contributed by atoms with Crippen molar-refractivity contribution in [2.45, 2.75) is 12.7 Å². The zero-order valence-corrected chi connectivity index (χ0v) is 17.5. The zero-order chi connectivity index (χ0) is 20.4. The molecule has 0 amide bonds. The van der Waals surface area contributed by atoms with Crippen LogP contribution in [0.2, 0.25) is 5.02 Å². The average Bonchev–Trinajstić information content (AvgIpc) is 3.16. The largest absolute Gasteiger partial charge is 0.354 e. The van der Waals surface area contributed by atoms with Gasteiger partial charge in [-0.15, -0.1) is 0 Å². The molecule has 4 rings (SSSR count). The molecule has 3 aromatic rings. The Morgan fingerprint density at radius 1 is 1.00 bits per heavy atom. The minimum absolute atomic E-state index is 0.0261. The van der Waals surface area contributed by atoms with E-state index < -0.39 is 10.0 Å². The molecule has 0 bridgehead atoms. The third kappa shape index (κ3) is 4.42. The number of aromatic nitrogens is 4. The molecule has 1 fully saturated rings. The number of benzene rings is 1. The lowest BCUT2D eigenvalue weighted by Gasteiger charge is -2.34. The summed E-state index contributed by atoms with van der Waals surface area (Å²) < 4.78 is 29.0. The number of anilines is 1. The van der Waals surface area contributed by atoms with Crippen molar-refractivity contribution < 1.29 is 8.42 Å². The highest BCUT2D eigenvalue weighted by Crippen LogP contribution is 2.20. The maximum atomic E-state index is 12.8. The number of aryl methyl sites for hydroxylation is 1. The Labute approximate surface area is 174 Å². The van der Waals surface area contributed by atoms with Crippen LogP contribution < -0.4 is 4.90 Å². The molecule has 0 atom stereocenters. The lowest BCUT2D eigenvalue weighted by atomic mass is 10.2. The van der Waals surface area contributed by atoms with E-state index in [4.69, 9.17) is 11.6 Å². The van der Waals surface area contributed by atoms with Gasteiger partial charge in [-0.3, -0.25) is 4.57 Å². The number of nitrogens with zero attached hydrogens (tertiary/aromatic N) is 6. The Bertz CT molecular complexity index is 1090. The molecule has 0 saturated carbocycles. The molecule has 1 aliphatic heterocycles. The first kappa shape index (κ1) is 19.8. The van der Waals surface area contributed by atoms with Gasteiger partial charge in [-0.25, -0.2) is 23.4 Å². The second-order valence-electron chi connectivity index (χ2n) is 6.85. The van der Waals surface area contributed by atoms with Crippen LogP contribution >= 0.6 is 11.6 Å². The normalized spacial score (nSPS) is 15.6. The minimum Gasteiger partial charge on any atom is -0.354 e. The first-order valence-corrected chi connectivity index (χ1v) is 11.2. The van der Waals surface area contributed by atoms with Gasteiger partial charge in [-0.1, -0.05) is 23.7 Å². The molecule has 10 heteroatoms. The van der Waals surface area contributed by atoms with Crippen molar-refractivity contribution in [3.63, 3.8) is 0 Å². The summed E-state index contributed by atoms with van der Waals surface area (Å²) >= 11 is 5.88. The van der Waals surface area contributed by atoms with Gasteiger partial charge in [0.15, 0.2) is 0 Å². The van der Waals surface area contributed by atoms with E-state index in [1.54, 1.807) is 34.8 Å². The van der Waals surface area contributed by atoms with E-state index in [0.29, 0.717) is 31.2 Å². The average molecular weight is 433 g/mol. The van der Waals surface area contributed by atoms with E-state index >= 15 is 0 Å². The molecule has 3 heterocycles. The number of hydrogen-bond donors (Lipinski definition) is 0. The maximum Gasteiger partial charge on any atom is 0.218 e. The summed E-state index contributed by atoms with van der Waals surface area (Å²) in [5.74, 6) is 2.33. The molecule has 8 nitrogen and oxygen atoms in total. The van der Waals surface area contributed by atoms with Crippen LogP contribution in [0.25, 0.3) is 5.82 Å². The topological polar surface area (TPSA) is 84.2 Å². The van der Waals surface area contributed by atoms with Gasteiger partial charge in [-0.2, -0.15) is 4.31 Å². The monoisotopic (exact) mass is 432 g/mol. The molecule has 0 N–H and O–H groups in total. The lowest BCUT2D eigenvalue weighted by Crippen LogP contribution is -2.49. The second-order valence-corrected chi connectivity index (χ2v) is 9.25. The van der Waals surface area contributed by atoms with E-state index in [0.717, 1.165) is 23.0 Å². The predicted molar refractivity (Wildman–Crippen MR) is 112 cm³/mol. The molecule has 0 spiro atoms. The van der Waals surface area contributed by atoms with Crippen molar-refractivity contribution in [3.05, 3.63) is 65.5 Å². The molecule has 0 unspecified atom stereocenters. The molecular weight excluding hydrogens is 412 g/mol. The first-order valence-electron chi connectivity index (χ1n) is 9.22. The highest BCUT2D eigenvalue weighted by Gasteiger charge is 2.27. The van der Waals surface area contributed by atoms with Crippen molar-refractivity contribution in [1.82, 2.24) is 23.8 Å². The van der Waals surface area contributed by atoms with Crippen LogP contribution in [0.4, 0.5) is 5.82 Å². The third-order valence-corrected chi connectivity index (χ3v) is 7.03. The van der Waals surface area contributed by atoms with Crippen LogP contribution in [-0.2, 0) is 15.8 Å². The van der Waals surface area contributed by atoms with Gasteiger partial charge in [0.05, 0.1) is 5.75 Å². The van der Waals surface area contributed by atoms with Crippen LogP contribution in [0.5, 0.6) is 0 Å². The Morgan fingerprint density at radius 3 is 2.34 bits per heavy atom. The molecule has 2 aromatic heterocycles. The van der Waals surface area contributed by atoms with Gasteiger partial charge < -0.3 is 4.90 Å². The molecule has 1 aliphatic rings. The number of imidazole rings is 1. The molecule has 1 aromatic carbocycles. The van der Waals surface area contributed by atoms with Gasteiger partial charge in [-0.05, 0) is 24.6 Å². The highest BCUT2D eigenvalue weighted by atomic mass is 35.5. The fourth-order valence-electron chi connectivity index (χ4n) is 3.34. The Kier molecular flexibility index (Phi) is 5.53. The van der Waals surface area contributed by atoms with E-state index in [1.165, 1.54) is 6.33 Å². The Hall–Kier alpha value is -2.49. The summed E-state index contributed by atoms with van der Waals surface area (Å²) in [6, 6.07) is 8.80. The number of hydrogen-bond acceptors (Lipinski definition) is 6. The highest BCUT2D eigenvalue weighted by molar-refractivity contribution is 7.88. The van der Waals surface area contributed by atoms with Crippen LogP contribution in [0.15, 0.2) is 49.1 Å². The molecule has 152 valence electrons. The summed E-state index contributed by atoms with van der Waals surface area (Å²) in [5.41, 5.74) is 0.730. The van der Waals surface area contributed by atoms with Crippen LogP contribution in [0.3, 0.4) is 0 Å². The molecule has 0 aliphatic carbocycles. The quantitative estimate of drug-likeness (QED) is 0.615. The predicted octanol–water partition coefficient (Wildman–Crippen LogP) is 2.28. The summed E-state index contributed by atoms with van der Waals surface area (Å²) in [6.45, 7) is 3.88.